The van der Waals surface area contributed by atoms with Crippen LogP contribution in [0.1, 0.15) is 20.3 Å². The van der Waals surface area contributed by atoms with Crippen LogP contribution in [0, 0.1) is 0 Å². The Bertz CT molecular complexity index is 132. The summed E-state index contributed by atoms with van der Waals surface area (Å²) >= 11 is 0. The van der Waals surface area contributed by atoms with Gasteiger partial charge in [-0.05, 0) is 33.4 Å². The van der Waals surface area contributed by atoms with E-state index in [4.69, 9.17) is 15.2 Å². The van der Waals surface area contributed by atoms with E-state index in [-0.39, 0.29) is 0 Å². The minimum atomic E-state index is 0.558. The maximum Gasteiger partial charge on any atom is 0.0700 e. The predicted octanol–water partition coefficient (Wildman–Crippen LogP) is 0.709. The average molecular weight is 218 g/mol. The largest absolute Gasteiger partial charge is 0.382 e. The van der Waals surface area contributed by atoms with Crippen LogP contribution >= 0.6 is 0 Å². The molecule has 0 aliphatic rings. The van der Waals surface area contributed by atoms with E-state index >= 15 is 0 Å². The molecule has 15 heavy (non-hydrogen) atoms. The molecule has 0 aliphatic carbocycles. The monoisotopic (exact) mass is 218 g/mol. The average Bonchev–Trinajstić information content (AvgIpc) is 2.21. The molecule has 2 N–H and O–H groups in total. The van der Waals surface area contributed by atoms with Gasteiger partial charge >= 0.3 is 0 Å². The summed E-state index contributed by atoms with van der Waals surface area (Å²) in [5.41, 5.74) is 5.50. The standard InChI is InChI=1S/C11H26N2O2/c1-11(2)13(6-4-5-12)7-8-15-10-9-14-3/h11H,4-10,12H2,1-3H3. The van der Waals surface area contributed by atoms with E-state index in [1.54, 1.807) is 7.11 Å². The SMILES string of the molecule is COCCOCCN(CCCN)C(C)C. The fourth-order valence-corrected chi connectivity index (χ4v) is 1.35. The molecular formula is C11H26N2O2. The molecule has 0 saturated heterocycles. The van der Waals surface area contributed by atoms with Crippen LogP contribution in [0.2, 0.25) is 0 Å². The molecule has 0 atom stereocenters. The normalized spacial score (nSPS) is 11.6. The van der Waals surface area contributed by atoms with Gasteiger partial charge in [0.15, 0.2) is 0 Å². The molecule has 0 aromatic rings. The molecule has 0 radical (unpaired) electrons. The highest BCUT2D eigenvalue weighted by molar-refractivity contribution is 4.62. The van der Waals surface area contributed by atoms with E-state index in [9.17, 15) is 0 Å². The van der Waals surface area contributed by atoms with Gasteiger partial charge in [0.05, 0.1) is 19.8 Å². The number of methoxy groups -OCH3 is 1. The van der Waals surface area contributed by atoms with Crippen molar-refractivity contribution in [3.05, 3.63) is 0 Å². The van der Waals surface area contributed by atoms with Crippen molar-refractivity contribution in [1.29, 1.82) is 0 Å². The zero-order valence-corrected chi connectivity index (χ0v) is 10.4. The van der Waals surface area contributed by atoms with Crippen molar-refractivity contribution >= 4 is 0 Å². The van der Waals surface area contributed by atoms with E-state index < -0.39 is 0 Å². The second kappa shape index (κ2) is 10.4. The lowest BCUT2D eigenvalue weighted by molar-refractivity contribution is 0.0521. The Kier molecular flexibility index (Phi) is 10.3. The molecule has 0 aromatic carbocycles. The lowest BCUT2D eigenvalue weighted by Crippen LogP contribution is -2.35. The quantitative estimate of drug-likeness (QED) is 0.549. The summed E-state index contributed by atoms with van der Waals surface area (Å²) in [5.74, 6) is 0. The third kappa shape index (κ3) is 8.81. The van der Waals surface area contributed by atoms with Crippen molar-refractivity contribution in [3.8, 4) is 0 Å². The summed E-state index contributed by atoms with van der Waals surface area (Å²) in [6.07, 6.45) is 1.05. The number of rotatable bonds is 10. The summed E-state index contributed by atoms with van der Waals surface area (Å²) in [7, 11) is 1.69. The van der Waals surface area contributed by atoms with Gasteiger partial charge in [-0.25, -0.2) is 0 Å². The van der Waals surface area contributed by atoms with Gasteiger partial charge < -0.3 is 15.2 Å². The van der Waals surface area contributed by atoms with Gasteiger partial charge in [-0.3, -0.25) is 4.90 Å². The van der Waals surface area contributed by atoms with Gasteiger partial charge in [0.1, 0.15) is 0 Å². The van der Waals surface area contributed by atoms with Crippen molar-refractivity contribution in [2.24, 2.45) is 5.73 Å². The predicted molar refractivity (Wildman–Crippen MR) is 63.1 cm³/mol. The number of hydrogen-bond donors (Lipinski definition) is 1. The maximum atomic E-state index is 5.50. The summed E-state index contributed by atoms with van der Waals surface area (Å²) < 4.78 is 10.3. The smallest absolute Gasteiger partial charge is 0.0700 e. The molecule has 0 aromatic heterocycles. The van der Waals surface area contributed by atoms with Gasteiger partial charge in [0, 0.05) is 19.7 Å². The summed E-state index contributed by atoms with van der Waals surface area (Å²) in [5, 5.41) is 0. The zero-order valence-electron chi connectivity index (χ0n) is 10.4. The van der Waals surface area contributed by atoms with Crippen molar-refractivity contribution in [2.45, 2.75) is 26.3 Å². The van der Waals surface area contributed by atoms with Crippen molar-refractivity contribution < 1.29 is 9.47 Å². The third-order valence-electron chi connectivity index (χ3n) is 2.33. The van der Waals surface area contributed by atoms with Crippen molar-refractivity contribution in [2.75, 3.05) is 46.6 Å². The first-order chi connectivity index (χ1) is 7.22. The molecule has 4 nitrogen and oxygen atoms in total. The van der Waals surface area contributed by atoms with Crippen LogP contribution in [0.5, 0.6) is 0 Å². The Morgan fingerprint density at radius 2 is 1.87 bits per heavy atom. The molecule has 0 heterocycles. The Balaban J connectivity index is 3.48. The lowest BCUT2D eigenvalue weighted by Gasteiger charge is -2.26. The fourth-order valence-electron chi connectivity index (χ4n) is 1.35. The van der Waals surface area contributed by atoms with Gasteiger partial charge in [-0.15, -0.1) is 0 Å². The highest BCUT2D eigenvalue weighted by Crippen LogP contribution is 1.98. The van der Waals surface area contributed by atoms with Crippen molar-refractivity contribution in [1.82, 2.24) is 4.90 Å². The van der Waals surface area contributed by atoms with Crippen molar-refractivity contribution in [3.63, 3.8) is 0 Å². The Morgan fingerprint density at radius 1 is 1.13 bits per heavy atom. The van der Waals surface area contributed by atoms with Gasteiger partial charge in [0.2, 0.25) is 0 Å². The first kappa shape index (κ1) is 14.8. The zero-order chi connectivity index (χ0) is 11.5. The van der Waals surface area contributed by atoms with E-state index in [1.165, 1.54) is 0 Å². The molecule has 0 spiro atoms. The van der Waals surface area contributed by atoms with Crippen LogP contribution in [-0.4, -0.2) is 57.5 Å². The lowest BCUT2D eigenvalue weighted by atomic mass is 10.3. The number of nitrogens with two attached hydrogens (primary N) is 1. The summed E-state index contributed by atoms with van der Waals surface area (Å²) in [4.78, 5) is 2.39. The number of nitrogens with zero attached hydrogens (tertiary/aromatic N) is 1. The van der Waals surface area contributed by atoms with E-state index in [0.29, 0.717) is 19.3 Å². The minimum absolute atomic E-state index is 0.558. The van der Waals surface area contributed by atoms with E-state index in [1.807, 2.05) is 0 Å². The van der Waals surface area contributed by atoms with Crippen LogP contribution in [0.3, 0.4) is 0 Å². The molecule has 0 aliphatic heterocycles. The summed E-state index contributed by atoms with van der Waals surface area (Å²) in [6, 6.07) is 0.558. The molecule has 0 amide bonds. The summed E-state index contributed by atoms with van der Waals surface area (Å²) in [6.45, 7) is 9.31. The Hall–Kier alpha value is -0.160. The molecule has 0 unspecified atom stereocenters. The minimum Gasteiger partial charge on any atom is -0.382 e. The molecule has 0 bridgehead atoms. The van der Waals surface area contributed by atoms with Gasteiger partial charge in [-0.1, -0.05) is 0 Å². The molecule has 0 fully saturated rings. The topological polar surface area (TPSA) is 47.7 Å². The Morgan fingerprint density at radius 3 is 2.40 bits per heavy atom. The third-order valence-corrected chi connectivity index (χ3v) is 2.33. The first-order valence-electron chi connectivity index (χ1n) is 5.73. The fraction of sp³-hybridized carbons (Fsp3) is 1.00. The second-order valence-corrected chi connectivity index (χ2v) is 3.88. The maximum absolute atomic E-state index is 5.50. The second-order valence-electron chi connectivity index (χ2n) is 3.88. The van der Waals surface area contributed by atoms with Gasteiger partial charge in [0.25, 0.3) is 0 Å². The van der Waals surface area contributed by atoms with E-state index in [2.05, 4.69) is 18.7 Å². The number of ether oxygens (including phenoxy) is 2. The molecule has 0 saturated carbocycles. The van der Waals surface area contributed by atoms with Gasteiger partial charge in [-0.2, -0.15) is 0 Å². The van der Waals surface area contributed by atoms with E-state index in [0.717, 1.165) is 32.7 Å². The van der Waals surface area contributed by atoms with Crippen LogP contribution in [-0.2, 0) is 9.47 Å². The van der Waals surface area contributed by atoms with Crippen LogP contribution < -0.4 is 5.73 Å². The molecule has 92 valence electrons. The molecule has 0 rings (SSSR count). The first-order valence-corrected chi connectivity index (χ1v) is 5.73. The van der Waals surface area contributed by atoms with Crippen LogP contribution in [0.4, 0.5) is 0 Å². The van der Waals surface area contributed by atoms with Crippen LogP contribution in [0.15, 0.2) is 0 Å². The highest BCUT2D eigenvalue weighted by atomic mass is 16.5. The molecule has 4 heteroatoms. The highest BCUT2D eigenvalue weighted by Gasteiger charge is 2.07. The molecular weight excluding hydrogens is 192 g/mol. The number of hydrogen-bond acceptors (Lipinski definition) is 4. The Labute approximate surface area is 93.7 Å². The van der Waals surface area contributed by atoms with Crippen LogP contribution in [0.25, 0.3) is 0 Å².